The number of aryl methyl sites for hydroxylation is 1. The highest BCUT2D eigenvalue weighted by atomic mass is 79.9. The fourth-order valence-corrected chi connectivity index (χ4v) is 2.80. The zero-order valence-corrected chi connectivity index (χ0v) is 13.0. The van der Waals surface area contributed by atoms with Crippen LogP contribution in [0.4, 0.5) is 5.69 Å². The van der Waals surface area contributed by atoms with Crippen LogP contribution in [0.2, 0.25) is 0 Å². The van der Waals surface area contributed by atoms with Gasteiger partial charge >= 0.3 is 0 Å². The summed E-state index contributed by atoms with van der Waals surface area (Å²) in [6, 6.07) is 7.90. The second kappa shape index (κ2) is 5.94. The summed E-state index contributed by atoms with van der Waals surface area (Å²) in [5, 5.41) is 11.9. The number of nitrogens with two attached hydrogens (primary N) is 1. The molecule has 4 nitrogen and oxygen atoms in total. The van der Waals surface area contributed by atoms with E-state index in [0.717, 1.165) is 15.7 Å². The normalized spacial score (nSPS) is 25.8. The molecule has 0 spiro atoms. The summed E-state index contributed by atoms with van der Waals surface area (Å²) in [6.45, 7) is 2.00. The maximum atomic E-state index is 12.2. The van der Waals surface area contributed by atoms with Crippen LogP contribution in [0.3, 0.4) is 0 Å². The first kappa shape index (κ1) is 15.0. The SMILES string of the molecule is Cc1ccc(NC(=O)C2CCC(N)(C#N)CC2)cc1Br. The van der Waals surface area contributed by atoms with Crippen molar-refractivity contribution in [1.29, 1.82) is 5.26 Å². The van der Waals surface area contributed by atoms with E-state index in [1.165, 1.54) is 0 Å². The molecule has 0 aromatic heterocycles. The van der Waals surface area contributed by atoms with Gasteiger partial charge < -0.3 is 11.1 Å². The lowest BCUT2D eigenvalue weighted by Crippen LogP contribution is -2.43. The molecule has 5 heteroatoms. The molecule has 1 aliphatic rings. The average Bonchev–Trinajstić information content (AvgIpc) is 2.43. The van der Waals surface area contributed by atoms with Crippen molar-refractivity contribution in [2.24, 2.45) is 11.7 Å². The Morgan fingerprint density at radius 3 is 2.70 bits per heavy atom. The zero-order chi connectivity index (χ0) is 14.8. The number of nitrogens with zero attached hydrogens (tertiary/aromatic N) is 1. The predicted molar refractivity (Wildman–Crippen MR) is 82.0 cm³/mol. The molecule has 1 aromatic rings. The van der Waals surface area contributed by atoms with Gasteiger partial charge in [0.25, 0.3) is 0 Å². The first-order valence-corrected chi connectivity index (χ1v) is 7.50. The molecule has 3 N–H and O–H groups in total. The van der Waals surface area contributed by atoms with Gasteiger partial charge in [0.05, 0.1) is 6.07 Å². The third-order valence-electron chi connectivity index (χ3n) is 3.91. The largest absolute Gasteiger partial charge is 0.326 e. The summed E-state index contributed by atoms with van der Waals surface area (Å²) < 4.78 is 0.976. The molecule has 1 aromatic carbocycles. The fourth-order valence-electron chi connectivity index (χ4n) is 2.42. The third-order valence-corrected chi connectivity index (χ3v) is 4.76. The number of amides is 1. The standard InChI is InChI=1S/C15H18BrN3O/c1-10-2-3-12(8-13(10)16)19-14(20)11-4-6-15(18,9-17)7-5-11/h2-3,8,11H,4-7,18H2,1H3,(H,19,20). The minimum Gasteiger partial charge on any atom is -0.326 e. The molecule has 0 saturated heterocycles. The van der Waals surface area contributed by atoms with E-state index in [4.69, 9.17) is 11.0 Å². The molecule has 1 fully saturated rings. The molecule has 0 bridgehead atoms. The highest BCUT2D eigenvalue weighted by Gasteiger charge is 2.34. The van der Waals surface area contributed by atoms with Gasteiger partial charge in [-0.2, -0.15) is 5.26 Å². The maximum Gasteiger partial charge on any atom is 0.227 e. The predicted octanol–water partition coefficient (Wildman–Crippen LogP) is 3.11. The average molecular weight is 336 g/mol. The molecule has 0 heterocycles. The van der Waals surface area contributed by atoms with Crippen molar-refractivity contribution in [3.05, 3.63) is 28.2 Å². The minimum atomic E-state index is -0.746. The number of nitriles is 1. The quantitative estimate of drug-likeness (QED) is 0.871. The van der Waals surface area contributed by atoms with Crippen LogP contribution in [0.25, 0.3) is 0 Å². The number of carbonyl (C=O) groups excluding carboxylic acids is 1. The first-order chi connectivity index (χ1) is 9.43. The van der Waals surface area contributed by atoms with Crippen LogP contribution >= 0.6 is 15.9 Å². The fraction of sp³-hybridized carbons (Fsp3) is 0.467. The van der Waals surface area contributed by atoms with Gasteiger partial charge in [0, 0.05) is 16.1 Å². The molecule has 0 atom stereocenters. The Labute approximate surface area is 127 Å². The van der Waals surface area contributed by atoms with Gasteiger partial charge in [0.2, 0.25) is 5.91 Å². The molecular weight excluding hydrogens is 318 g/mol. The van der Waals surface area contributed by atoms with Gasteiger partial charge in [-0.25, -0.2) is 0 Å². The highest BCUT2D eigenvalue weighted by Crippen LogP contribution is 2.31. The van der Waals surface area contributed by atoms with Crippen LogP contribution in [0.5, 0.6) is 0 Å². The Balaban J connectivity index is 1.96. The number of anilines is 1. The van der Waals surface area contributed by atoms with E-state index in [-0.39, 0.29) is 11.8 Å². The summed E-state index contributed by atoms with van der Waals surface area (Å²) >= 11 is 3.45. The van der Waals surface area contributed by atoms with Crippen molar-refractivity contribution in [2.75, 3.05) is 5.32 Å². The smallest absolute Gasteiger partial charge is 0.227 e. The lowest BCUT2D eigenvalue weighted by Gasteiger charge is -2.31. The topological polar surface area (TPSA) is 78.9 Å². The number of benzene rings is 1. The van der Waals surface area contributed by atoms with Crippen LogP contribution in [0.15, 0.2) is 22.7 Å². The van der Waals surface area contributed by atoms with Gasteiger partial charge in [-0.05, 0) is 50.3 Å². The molecule has 1 amide bonds. The van der Waals surface area contributed by atoms with E-state index < -0.39 is 5.54 Å². The van der Waals surface area contributed by atoms with E-state index in [0.29, 0.717) is 25.7 Å². The number of halogens is 1. The van der Waals surface area contributed by atoms with E-state index in [9.17, 15) is 4.79 Å². The van der Waals surface area contributed by atoms with Gasteiger partial charge in [-0.15, -0.1) is 0 Å². The number of carbonyl (C=O) groups is 1. The van der Waals surface area contributed by atoms with Crippen molar-refractivity contribution < 1.29 is 4.79 Å². The van der Waals surface area contributed by atoms with Crippen molar-refractivity contribution in [3.8, 4) is 6.07 Å². The molecule has 0 unspecified atom stereocenters. The number of nitrogens with one attached hydrogen (secondary N) is 1. The summed E-state index contributed by atoms with van der Waals surface area (Å²) in [4.78, 5) is 12.2. The molecular formula is C15H18BrN3O. The molecule has 2 rings (SSSR count). The Bertz CT molecular complexity index is 557. The lowest BCUT2D eigenvalue weighted by atomic mass is 9.77. The van der Waals surface area contributed by atoms with Crippen LogP contribution in [-0.4, -0.2) is 11.4 Å². The van der Waals surface area contributed by atoms with Crippen LogP contribution in [0, 0.1) is 24.2 Å². The summed E-state index contributed by atoms with van der Waals surface area (Å²) in [7, 11) is 0. The van der Waals surface area contributed by atoms with Crippen LogP contribution in [0.1, 0.15) is 31.2 Å². The second-order valence-electron chi connectivity index (χ2n) is 5.50. The van der Waals surface area contributed by atoms with Crippen molar-refractivity contribution in [1.82, 2.24) is 0 Å². The van der Waals surface area contributed by atoms with Crippen molar-refractivity contribution in [2.45, 2.75) is 38.1 Å². The van der Waals surface area contributed by atoms with Gasteiger partial charge in [0.1, 0.15) is 5.54 Å². The van der Waals surface area contributed by atoms with Gasteiger partial charge in [0.15, 0.2) is 0 Å². The van der Waals surface area contributed by atoms with E-state index >= 15 is 0 Å². The summed E-state index contributed by atoms with van der Waals surface area (Å²) in [6.07, 6.45) is 2.50. The van der Waals surface area contributed by atoms with E-state index in [1.54, 1.807) is 0 Å². The minimum absolute atomic E-state index is 0.0146. The molecule has 0 aliphatic heterocycles. The number of hydrogen-bond donors (Lipinski definition) is 2. The molecule has 106 valence electrons. The second-order valence-corrected chi connectivity index (χ2v) is 6.35. The molecule has 20 heavy (non-hydrogen) atoms. The highest BCUT2D eigenvalue weighted by molar-refractivity contribution is 9.10. The van der Waals surface area contributed by atoms with E-state index in [2.05, 4.69) is 27.3 Å². The number of hydrogen-bond acceptors (Lipinski definition) is 3. The Kier molecular flexibility index (Phi) is 4.46. The molecule has 1 saturated carbocycles. The van der Waals surface area contributed by atoms with Crippen molar-refractivity contribution in [3.63, 3.8) is 0 Å². The van der Waals surface area contributed by atoms with E-state index in [1.807, 2.05) is 25.1 Å². The molecule has 1 aliphatic carbocycles. The maximum absolute atomic E-state index is 12.2. The monoisotopic (exact) mass is 335 g/mol. The number of rotatable bonds is 2. The lowest BCUT2D eigenvalue weighted by molar-refractivity contribution is -0.121. The van der Waals surface area contributed by atoms with Crippen molar-refractivity contribution >= 4 is 27.5 Å². The van der Waals surface area contributed by atoms with Gasteiger partial charge in [-0.1, -0.05) is 22.0 Å². The Hall–Kier alpha value is -1.38. The third kappa shape index (κ3) is 3.38. The summed E-state index contributed by atoms with van der Waals surface area (Å²) in [5.41, 5.74) is 7.08. The Morgan fingerprint density at radius 2 is 2.15 bits per heavy atom. The zero-order valence-electron chi connectivity index (χ0n) is 11.4. The van der Waals surface area contributed by atoms with Crippen LogP contribution < -0.4 is 11.1 Å². The van der Waals surface area contributed by atoms with Crippen LogP contribution in [-0.2, 0) is 4.79 Å². The summed E-state index contributed by atoms with van der Waals surface area (Å²) in [5.74, 6) is -0.0409. The Morgan fingerprint density at radius 1 is 1.50 bits per heavy atom. The molecule has 0 radical (unpaired) electrons. The van der Waals surface area contributed by atoms with Gasteiger partial charge in [-0.3, -0.25) is 4.79 Å². The first-order valence-electron chi connectivity index (χ1n) is 6.71.